The molecule has 0 spiro atoms. The van der Waals surface area contributed by atoms with Gasteiger partial charge >= 0.3 is 0 Å². The van der Waals surface area contributed by atoms with Crippen LogP contribution in [-0.4, -0.2) is 6.66 Å². The van der Waals surface area contributed by atoms with E-state index in [4.69, 9.17) is 0 Å². The lowest BCUT2D eigenvalue weighted by molar-refractivity contribution is 0.578. The topological polar surface area (TPSA) is 17.1 Å². The maximum Gasteiger partial charge on any atom is 0.172 e. The average Bonchev–Trinajstić information content (AvgIpc) is 3.42. The highest BCUT2D eigenvalue weighted by Gasteiger charge is 2.72. The predicted molar refractivity (Wildman–Crippen MR) is 216 cm³/mol. The minimum Gasteiger partial charge on any atom is -0.315 e. The smallest absolute Gasteiger partial charge is 0.172 e. The summed E-state index contributed by atoms with van der Waals surface area (Å²) in [5, 5.41) is 7.13. The molecule has 1 heterocycles. The quantitative estimate of drug-likeness (QED) is 0.145. The first-order chi connectivity index (χ1) is 24.1. The molecule has 238 valence electrons. The molecule has 4 heteroatoms. The van der Waals surface area contributed by atoms with Crippen molar-refractivity contribution < 1.29 is 4.57 Å². The number of benzene rings is 7. The minimum absolute atomic E-state index is 0.219. The number of rotatable bonds is 8. The summed E-state index contributed by atoms with van der Waals surface area (Å²) in [5.41, 5.74) is 2.46. The van der Waals surface area contributed by atoms with Gasteiger partial charge in [0.1, 0.15) is 46.4 Å². The highest BCUT2D eigenvalue weighted by molar-refractivity contribution is 8.07. The lowest BCUT2D eigenvalue weighted by Gasteiger charge is -2.39. The maximum atomic E-state index is 17.1. The number of fused-ring (bicyclic) bond motifs is 1. The Kier molecular flexibility index (Phi) is 8.56. The van der Waals surface area contributed by atoms with Gasteiger partial charge in [-0.25, -0.2) is 0 Å². The van der Waals surface area contributed by atoms with E-state index in [0.717, 1.165) is 0 Å². The predicted octanol–water partition coefficient (Wildman–Crippen LogP) is 9.68. The molecule has 0 saturated heterocycles. The monoisotopic (exact) mass is 688 g/mol. The molecule has 2 atom stereocenters. The Hall–Kier alpha value is -4.37. The van der Waals surface area contributed by atoms with Gasteiger partial charge in [-0.2, -0.15) is 0 Å². The Balaban J connectivity index is 1.54. The van der Waals surface area contributed by atoms with Crippen molar-refractivity contribution in [2.75, 3.05) is 6.66 Å². The van der Waals surface area contributed by atoms with E-state index in [-0.39, 0.29) is 10.8 Å². The first kappa shape index (κ1) is 31.9. The van der Waals surface area contributed by atoms with Gasteiger partial charge in [0.15, 0.2) is 17.9 Å². The third-order valence-corrected chi connectivity index (χ3v) is 26.3. The van der Waals surface area contributed by atoms with Gasteiger partial charge in [0.2, 0.25) is 0 Å². The van der Waals surface area contributed by atoms with Crippen LogP contribution in [0, 0.1) is 0 Å². The van der Waals surface area contributed by atoms with Gasteiger partial charge in [0.25, 0.3) is 0 Å². The van der Waals surface area contributed by atoms with Crippen molar-refractivity contribution >= 4 is 53.5 Å². The van der Waals surface area contributed by atoms with Crippen LogP contribution in [-0.2, 0) is 4.57 Å². The fourth-order valence-electron chi connectivity index (χ4n) is 8.49. The zero-order valence-electron chi connectivity index (χ0n) is 27.5. The van der Waals surface area contributed by atoms with Gasteiger partial charge in [-0.1, -0.05) is 133 Å². The van der Waals surface area contributed by atoms with E-state index in [1.165, 1.54) is 43.0 Å². The van der Waals surface area contributed by atoms with E-state index in [0.29, 0.717) is 0 Å². The average molecular weight is 689 g/mol. The number of hydrogen-bond donors (Lipinski definition) is 0. The van der Waals surface area contributed by atoms with Crippen LogP contribution >= 0.6 is 21.7 Å². The van der Waals surface area contributed by atoms with Crippen LogP contribution in [0.5, 0.6) is 0 Å². The zero-order valence-corrected chi connectivity index (χ0v) is 30.2. The summed E-state index contributed by atoms with van der Waals surface area (Å²) in [6.07, 6.45) is 0. The SMILES string of the molecule is CP1(=O)C([P+](c2ccccc2)(c2ccccc2)c2ccccc2)c2ccccc2C1[P+](c1ccccc1)(c1ccccc1)c1ccccc1. The van der Waals surface area contributed by atoms with Crippen LogP contribution in [0.2, 0.25) is 0 Å². The molecule has 49 heavy (non-hydrogen) atoms. The fraction of sp³-hybridized carbons (Fsp3) is 0.0667. The Bertz CT molecular complexity index is 1860. The summed E-state index contributed by atoms with van der Waals surface area (Å²) < 4.78 is 17.1. The standard InChI is InChI=1S/C45H39OP3/c1-47(46)44(48(36-22-8-2-9-23-36,37-24-10-3-11-25-37)38-26-12-4-13-27-38)42-34-20-21-35-43(42)45(47)49(39-28-14-5-15-29-39,40-30-16-6-17-31-40)41-32-18-7-19-33-41/h2-35,44-45H,1H3/q+2. The maximum absolute atomic E-state index is 17.1. The van der Waals surface area contributed by atoms with E-state index in [9.17, 15) is 0 Å². The van der Waals surface area contributed by atoms with E-state index in [2.05, 4.69) is 213 Å². The molecule has 0 aliphatic carbocycles. The van der Waals surface area contributed by atoms with Crippen molar-refractivity contribution in [1.82, 2.24) is 0 Å². The van der Waals surface area contributed by atoms with E-state index in [1.54, 1.807) is 0 Å². The van der Waals surface area contributed by atoms with Gasteiger partial charge < -0.3 is 4.57 Å². The summed E-state index contributed by atoms with van der Waals surface area (Å²) in [5.74, 6) is 0. The highest BCUT2D eigenvalue weighted by atomic mass is 31.3. The second-order valence-corrected chi connectivity index (χ2v) is 23.9. The zero-order chi connectivity index (χ0) is 33.3. The van der Waals surface area contributed by atoms with Crippen LogP contribution in [0.1, 0.15) is 21.9 Å². The minimum atomic E-state index is -3.18. The van der Waals surface area contributed by atoms with Gasteiger partial charge in [0.05, 0.1) is 0 Å². The summed E-state index contributed by atoms with van der Waals surface area (Å²) >= 11 is 0. The highest BCUT2D eigenvalue weighted by Crippen LogP contribution is 2.94. The molecule has 1 nitrogen and oxygen atoms in total. The lowest BCUT2D eigenvalue weighted by Crippen LogP contribution is -2.36. The first-order valence-electron chi connectivity index (χ1n) is 16.9. The largest absolute Gasteiger partial charge is 0.315 e. The van der Waals surface area contributed by atoms with Crippen molar-refractivity contribution in [3.8, 4) is 0 Å². The molecule has 7 aromatic rings. The van der Waals surface area contributed by atoms with Crippen molar-refractivity contribution in [1.29, 1.82) is 0 Å². The van der Waals surface area contributed by atoms with Crippen LogP contribution < -0.4 is 31.8 Å². The van der Waals surface area contributed by atoms with Crippen molar-refractivity contribution in [3.63, 3.8) is 0 Å². The molecule has 0 amide bonds. The molecule has 7 aromatic carbocycles. The molecular formula is C45H39OP3+2. The second-order valence-electron chi connectivity index (χ2n) is 12.9. The fourth-order valence-corrected chi connectivity index (χ4v) is 28.0. The van der Waals surface area contributed by atoms with E-state index < -0.39 is 21.7 Å². The van der Waals surface area contributed by atoms with E-state index >= 15 is 4.57 Å². The molecule has 0 N–H and O–H groups in total. The Labute approximate surface area is 291 Å². The molecule has 0 saturated carbocycles. The molecule has 0 radical (unpaired) electrons. The normalized spacial score (nSPS) is 18.9. The molecule has 1 aliphatic heterocycles. The summed E-state index contributed by atoms with van der Waals surface area (Å²) in [6.45, 7) is 2.16. The van der Waals surface area contributed by atoms with Crippen molar-refractivity contribution in [2.24, 2.45) is 0 Å². The Morgan fingerprint density at radius 1 is 0.327 bits per heavy atom. The van der Waals surface area contributed by atoms with Gasteiger partial charge in [-0.3, -0.25) is 0 Å². The van der Waals surface area contributed by atoms with Crippen LogP contribution in [0.15, 0.2) is 206 Å². The number of hydrogen-bond acceptors (Lipinski definition) is 1. The first-order valence-corrected chi connectivity index (χ1v) is 22.9. The summed E-state index contributed by atoms with van der Waals surface area (Å²) in [4.78, 5) is 0. The van der Waals surface area contributed by atoms with Crippen molar-refractivity contribution in [2.45, 2.75) is 10.8 Å². The molecule has 8 rings (SSSR count). The van der Waals surface area contributed by atoms with Crippen LogP contribution in [0.3, 0.4) is 0 Å². The molecule has 2 unspecified atom stereocenters. The van der Waals surface area contributed by atoms with Gasteiger partial charge in [0, 0.05) is 11.1 Å². The van der Waals surface area contributed by atoms with E-state index in [1.807, 2.05) is 0 Å². The third kappa shape index (κ3) is 5.03. The lowest BCUT2D eigenvalue weighted by atomic mass is 10.1. The van der Waals surface area contributed by atoms with Crippen LogP contribution in [0.25, 0.3) is 0 Å². The molecule has 0 fully saturated rings. The molecule has 0 aromatic heterocycles. The molecule has 1 aliphatic rings. The van der Waals surface area contributed by atoms with Crippen LogP contribution in [0.4, 0.5) is 0 Å². The third-order valence-electron chi connectivity index (χ3n) is 10.2. The summed E-state index contributed by atoms with van der Waals surface area (Å²) in [6, 6.07) is 74.9. The second kappa shape index (κ2) is 13.2. The van der Waals surface area contributed by atoms with Gasteiger partial charge in [-0.15, -0.1) is 0 Å². The van der Waals surface area contributed by atoms with Crippen molar-refractivity contribution in [3.05, 3.63) is 217 Å². The van der Waals surface area contributed by atoms with Gasteiger partial charge in [-0.05, 0) is 79.5 Å². The Morgan fingerprint density at radius 3 is 0.714 bits per heavy atom. The Morgan fingerprint density at radius 2 is 0.510 bits per heavy atom. The molecular weight excluding hydrogens is 649 g/mol. The molecule has 0 bridgehead atoms. The summed E-state index contributed by atoms with van der Waals surface area (Å²) in [7, 11) is -8.35.